The molecule has 0 aliphatic heterocycles. The summed E-state index contributed by atoms with van der Waals surface area (Å²) in [5.74, 6) is 1.15. The van der Waals surface area contributed by atoms with Crippen LogP contribution in [0.25, 0.3) is 0 Å². The van der Waals surface area contributed by atoms with Crippen LogP contribution in [0.1, 0.15) is 5.56 Å². The highest BCUT2D eigenvalue weighted by Gasteiger charge is 2.11. The molecule has 0 N–H and O–H groups in total. The summed E-state index contributed by atoms with van der Waals surface area (Å²) < 4.78 is 24.3. The van der Waals surface area contributed by atoms with E-state index in [-0.39, 0.29) is 18.3 Å². The first-order valence-electron chi connectivity index (χ1n) is 8.40. The van der Waals surface area contributed by atoms with Crippen LogP contribution in [0.4, 0.5) is 4.39 Å². The minimum atomic E-state index is -0.322. The molecule has 0 aliphatic rings. The zero-order valence-electron chi connectivity index (χ0n) is 14.8. The molecule has 0 atom stereocenters. The molecule has 0 saturated carbocycles. The Hall–Kier alpha value is -3.41. The Labute approximate surface area is 157 Å². The van der Waals surface area contributed by atoms with Crippen molar-refractivity contribution < 1.29 is 18.7 Å². The molecule has 0 radical (unpaired) electrons. The van der Waals surface area contributed by atoms with Crippen LogP contribution in [-0.2, 0) is 11.3 Å². The Bertz CT molecular complexity index is 885. The van der Waals surface area contributed by atoms with Crippen molar-refractivity contribution in [2.75, 3.05) is 13.7 Å². The second-order valence-corrected chi connectivity index (χ2v) is 5.91. The number of aromatic nitrogens is 1. The Morgan fingerprint density at radius 3 is 2.52 bits per heavy atom. The van der Waals surface area contributed by atoms with Crippen molar-refractivity contribution in [3.63, 3.8) is 0 Å². The maximum Gasteiger partial charge on any atom is 0.260 e. The second-order valence-electron chi connectivity index (χ2n) is 5.91. The minimum Gasteiger partial charge on any atom is -0.484 e. The largest absolute Gasteiger partial charge is 0.484 e. The topological polar surface area (TPSA) is 51.7 Å². The molecule has 3 aromatic rings. The van der Waals surface area contributed by atoms with Gasteiger partial charge in [-0.05, 0) is 48.0 Å². The smallest absolute Gasteiger partial charge is 0.260 e. The maximum absolute atomic E-state index is 13.2. The molecule has 1 heterocycles. The lowest BCUT2D eigenvalue weighted by molar-refractivity contribution is -0.132. The zero-order chi connectivity index (χ0) is 19.1. The van der Waals surface area contributed by atoms with Crippen molar-refractivity contribution >= 4 is 5.91 Å². The van der Waals surface area contributed by atoms with Gasteiger partial charge in [0.2, 0.25) is 5.88 Å². The summed E-state index contributed by atoms with van der Waals surface area (Å²) in [7, 11) is 1.65. The first kappa shape index (κ1) is 18.4. The number of benzene rings is 2. The molecule has 27 heavy (non-hydrogen) atoms. The van der Waals surface area contributed by atoms with E-state index in [0.717, 1.165) is 5.56 Å². The molecule has 0 fully saturated rings. The molecular weight excluding hydrogens is 347 g/mol. The van der Waals surface area contributed by atoms with Crippen LogP contribution in [0.2, 0.25) is 0 Å². The lowest BCUT2D eigenvalue weighted by Gasteiger charge is -2.17. The number of likely N-dealkylation sites (N-methyl/N-ethyl adjacent to an activating group) is 1. The van der Waals surface area contributed by atoms with E-state index in [1.165, 1.54) is 17.0 Å². The van der Waals surface area contributed by atoms with Crippen LogP contribution >= 0.6 is 0 Å². The van der Waals surface area contributed by atoms with Gasteiger partial charge in [0, 0.05) is 25.9 Å². The van der Waals surface area contributed by atoms with Crippen molar-refractivity contribution in [3.05, 3.63) is 84.3 Å². The molecule has 3 rings (SSSR count). The van der Waals surface area contributed by atoms with Gasteiger partial charge >= 0.3 is 0 Å². The molecule has 2 aromatic carbocycles. The molecule has 0 bridgehead atoms. The Morgan fingerprint density at radius 1 is 1.04 bits per heavy atom. The number of nitrogens with zero attached hydrogens (tertiary/aromatic N) is 2. The van der Waals surface area contributed by atoms with Gasteiger partial charge in [0.1, 0.15) is 17.3 Å². The Kier molecular flexibility index (Phi) is 5.99. The van der Waals surface area contributed by atoms with E-state index in [0.29, 0.717) is 23.9 Å². The first-order chi connectivity index (χ1) is 13.1. The Balaban J connectivity index is 1.49. The fraction of sp³-hybridized carbons (Fsp3) is 0.143. The molecule has 0 spiro atoms. The van der Waals surface area contributed by atoms with Crippen molar-refractivity contribution in [1.29, 1.82) is 0 Å². The third kappa shape index (κ3) is 5.54. The fourth-order valence-electron chi connectivity index (χ4n) is 2.38. The Morgan fingerprint density at radius 2 is 1.81 bits per heavy atom. The summed E-state index contributed by atoms with van der Waals surface area (Å²) in [5.41, 5.74) is 0.724. The van der Waals surface area contributed by atoms with Gasteiger partial charge in [-0.2, -0.15) is 0 Å². The number of ether oxygens (including phenoxy) is 2. The molecule has 0 unspecified atom stereocenters. The molecule has 1 aromatic heterocycles. The lowest BCUT2D eigenvalue weighted by Crippen LogP contribution is -2.30. The maximum atomic E-state index is 13.2. The zero-order valence-corrected chi connectivity index (χ0v) is 14.8. The standard InChI is InChI=1S/C21H19FN2O3/c1-24(14-16-5-4-6-17(22)13-16)21(25)15-26-18-8-10-19(11-9-18)27-20-7-2-3-12-23-20/h2-13H,14-15H2,1H3. The predicted molar refractivity (Wildman–Crippen MR) is 99.1 cm³/mol. The number of carbonyl (C=O) groups is 1. The molecule has 1 amide bonds. The predicted octanol–water partition coefficient (Wildman–Crippen LogP) is 4.05. The quantitative estimate of drug-likeness (QED) is 0.633. The highest BCUT2D eigenvalue weighted by Crippen LogP contribution is 2.22. The second kappa shape index (κ2) is 8.80. The molecule has 0 saturated heterocycles. The summed E-state index contributed by atoms with van der Waals surface area (Å²) >= 11 is 0. The summed E-state index contributed by atoms with van der Waals surface area (Å²) in [6, 6.07) is 18.5. The van der Waals surface area contributed by atoms with Gasteiger partial charge in [-0.15, -0.1) is 0 Å². The van der Waals surface area contributed by atoms with Gasteiger partial charge in [-0.3, -0.25) is 4.79 Å². The average molecular weight is 366 g/mol. The lowest BCUT2D eigenvalue weighted by atomic mass is 10.2. The molecular formula is C21H19FN2O3. The monoisotopic (exact) mass is 366 g/mol. The summed E-state index contributed by atoms with van der Waals surface area (Å²) in [4.78, 5) is 17.8. The van der Waals surface area contributed by atoms with Crippen LogP contribution in [-0.4, -0.2) is 29.4 Å². The van der Waals surface area contributed by atoms with Gasteiger partial charge in [-0.1, -0.05) is 18.2 Å². The molecule has 0 aliphatic carbocycles. The fourth-order valence-corrected chi connectivity index (χ4v) is 2.38. The number of hydrogen-bond donors (Lipinski definition) is 0. The van der Waals surface area contributed by atoms with E-state index in [1.807, 2.05) is 12.1 Å². The van der Waals surface area contributed by atoms with E-state index in [1.54, 1.807) is 55.7 Å². The number of hydrogen-bond acceptors (Lipinski definition) is 4. The number of rotatable bonds is 7. The summed E-state index contributed by atoms with van der Waals surface area (Å²) in [6.07, 6.45) is 1.65. The number of carbonyl (C=O) groups excluding carboxylic acids is 1. The molecule has 138 valence electrons. The van der Waals surface area contributed by atoms with Crippen LogP contribution in [0, 0.1) is 5.82 Å². The number of halogens is 1. The van der Waals surface area contributed by atoms with Gasteiger partial charge in [0.15, 0.2) is 6.61 Å². The van der Waals surface area contributed by atoms with Gasteiger partial charge in [-0.25, -0.2) is 9.37 Å². The van der Waals surface area contributed by atoms with Gasteiger partial charge in [0.25, 0.3) is 5.91 Å². The van der Waals surface area contributed by atoms with Crippen LogP contribution < -0.4 is 9.47 Å². The van der Waals surface area contributed by atoms with Crippen molar-refractivity contribution in [2.45, 2.75) is 6.54 Å². The average Bonchev–Trinajstić information content (AvgIpc) is 2.68. The van der Waals surface area contributed by atoms with E-state index in [4.69, 9.17) is 9.47 Å². The highest BCUT2D eigenvalue weighted by atomic mass is 19.1. The molecule has 5 nitrogen and oxygen atoms in total. The van der Waals surface area contributed by atoms with Crippen molar-refractivity contribution in [3.8, 4) is 17.4 Å². The van der Waals surface area contributed by atoms with E-state index in [2.05, 4.69) is 4.98 Å². The summed E-state index contributed by atoms with van der Waals surface area (Å²) in [6.45, 7) is 0.211. The highest BCUT2D eigenvalue weighted by molar-refractivity contribution is 5.77. The number of amides is 1. The van der Waals surface area contributed by atoms with E-state index >= 15 is 0 Å². The molecule has 6 heteroatoms. The minimum absolute atomic E-state index is 0.105. The third-order valence-electron chi connectivity index (χ3n) is 3.78. The van der Waals surface area contributed by atoms with Gasteiger partial charge in [0.05, 0.1) is 0 Å². The SMILES string of the molecule is CN(Cc1cccc(F)c1)C(=O)COc1ccc(Oc2ccccn2)cc1. The van der Waals surface area contributed by atoms with E-state index < -0.39 is 0 Å². The normalized spacial score (nSPS) is 10.3. The summed E-state index contributed by atoms with van der Waals surface area (Å²) in [5, 5.41) is 0. The van der Waals surface area contributed by atoms with Gasteiger partial charge < -0.3 is 14.4 Å². The third-order valence-corrected chi connectivity index (χ3v) is 3.78. The number of pyridine rings is 1. The van der Waals surface area contributed by atoms with E-state index in [9.17, 15) is 9.18 Å². The van der Waals surface area contributed by atoms with Crippen molar-refractivity contribution in [1.82, 2.24) is 9.88 Å². The van der Waals surface area contributed by atoms with Crippen LogP contribution in [0.3, 0.4) is 0 Å². The van der Waals surface area contributed by atoms with Crippen molar-refractivity contribution in [2.24, 2.45) is 0 Å². The van der Waals surface area contributed by atoms with Crippen LogP contribution in [0.15, 0.2) is 72.9 Å². The first-order valence-corrected chi connectivity index (χ1v) is 8.40. The van der Waals surface area contributed by atoms with Crippen LogP contribution in [0.5, 0.6) is 17.4 Å².